The first-order valence-corrected chi connectivity index (χ1v) is 7.39. The first-order valence-electron chi connectivity index (χ1n) is 5.61. The fourth-order valence-corrected chi connectivity index (χ4v) is 2.82. The molecule has 0 spiro atoms. The highest BCUT2D eigenvalue weighted by Gasteiger charge is 2.09. The highest BCUT2D eigenvalue weighted by Crippen LogP contribution is 2.25. The lowest BCUT2D eigenvalue weighted by molar-refractivity contribution is 0.204. The minimum absolute atomic E-state index is 0.498. The lowest BCUT2D eigenvalue weighted by atomic mass is 10.1. The zero-order valence-electron chi connectivity index (χ0n) is 9.95. The van der Waals surface area contributed by atoms with Crippen LogP contribution >= 0.6 is 27.7 Å². The van der Waals surface area contributed by atoms with Gasteiger partial charge in [-0.15, -0.1) is 11.8 Å². The number of pyridine rings is 1. The van der Waals surface area contributed by atoms with Crippen LogP contribution in [0.3, 0.4) is 0 Å². The maximum absolute atomic E-state index is 10.1. The first kappa shape index (κ1) is 14.1. The standard InChI is InChI=1S/C14H11BrN2OS/c15-12-3-1-2-11(7-12)13(18)9-19-14-6-10(8-16)4-5-17-14/h1-7,13,18H,9H2. The van der Waals surface area contributed by atoms with Gasteiger partial charge in [0, 0.05) is 16.4 Å². The molecular weight excluding hydrogens is 324 g/mol. The molecule has 0 radical (unpaired) electrons. The van der Waals surface area contributed by atoms with Gasteiger partial charge >= 0.3 is 0 Å². The van der Waals surface area contributed by atoms with Gasteiger partial charge in [-0.05, 0) is 29.8 Å². The van der Waals surface area contributed by atoms with Crippen molar-refractivity contribution < 1.29 is 5.11 Å². The van der Waals surface area contributed by atoms with Crippen LogP contribution in [0.4, 0.5) is 0 Å². The molecule has 1 aromatic heterocycles. The number of rotatable bonds is 4. The Balaban J connectivity index is 2.00. The summed E-state index contributed by atoms with van der Waals surface area (Å²) in [4.78, 5) is 4.16. The van der Waals surface area contributed by atoms with Crippen molar-refractivity contribution in [3.8, 4) is 6.07 Å². The molecule has 1 heterocycles. The maximum atomic E-state index is 10.1. The van der Waals surface area contributed by atoms with Gasteiger partial charge in [-0.2, -0.15) is 5.26 Å². The minimum atomic E-state index is -0.560. The average molecular weight is 335 g/mol. The SMILES string of the molecule is N#Cc1ccnc(SCC(O)c2cccc(Br)c2)c1. The lowest BCUT2D eigenvalue weighted by Crippen LogP contribution is -2.00. The summed E-state index contributed by atoms with van der Waals surface area (Å²) in [5, 5.41) is 19.6. The number of benzene rings is 1. The highest BCUT2D eigenvalue weighted by atomic mass is 79.9. The predicted molar refractivity (Wildman–Crippen MR) is 78.8 cm³/mol. The fraction of sp³-hybridized carbons (Fsp3) is 0.143. The second-order valence-electron chi connectivity index (χ2n) is 3.88. The summed E-state index contributed by atoms with van der Waals surface area (Å²) in [6, 6.07) is 13.0. The van der Waals surface area contributed by atoms with E-state index in [1.165, 1.54) is 11.8 Å². The normalized spacial score (nSPS) is 11.8. The second kappa shape index (κ2) is 6.71. The summed E-state index contributed by atoms with van der Waals surface area (Å²) in [5.41, 5.74) is 1.44. The number of aliphatic hydroxyl groups excluding tert-OH is 1. The molecule has 1 unspecified atom stereocenters. The van der Waals surface area contributed by atoms with E-state index in [0.717, 1.165) is 15.1 Å². The summed E-state index contributed by atoms with van der Waals surface area (Å²) < 4.78 is 0.943. The number of hydrogen-bond acceptors (Lipinski definition) is 4. The number of nitrogens with zero attached hydrogens (tertiary/aromatic N) is 2. The van der Waals surface area contributed by atoms with E-state index in [1.54, 1.807) is 18.3 Å². The quantitative estimate of drug-likeness (QED) is 0.869. The van der Waals surface area contributed by atoms with Gasteiger partial charge in [0.1, 0.15) is 0 Å². The molecule has 1 N–H and O–H groups in total. The van der Waals surface area contributed by atoms with Crippen molar-refractivity contribution in [1.29, 1.82) is 5.26 Å². The number of aliphatic hydroxyl groups is 1. The smallest absolute Gasteiger partial charge is 0.0993 e. The van der Waals surface area contributed by atoms with E-state index in [0.29, 0.717) is 11.3 Å². The van der Waals surface area contributed by atoms with E-state index in [4.69, 9.17) is 5.26 Å². The molecule has 0 amide bonds. The Morgan fingerprint density at radius 3 is 2.95 bits per heavy atom. The summed E-state index contributed by atoms with van der Waals surface area (Å²) >= 11 is 4.81. The lowest BCUT2D eigenvalue weighted by Gasteiger charge is -2.10. The average Bonchev–Trinajstić information content (AvgIpc) is 2.45. The minimum Gasteiger partial charge on any atom is -0.388 e. The van der Waals surface area contributed by atoms with Crippen molar-refractivity contribution in [3.63, 3.8) is 0 Å². The van der Waals surface area contributed by atoms with Crippen LogP contribution in [0.25, 0.3) is 0 Å². The molecular formula is C14H11BrN2OS. The van der Waals surface area contributed by atoms with Crippen molar-refractivity contribution in [2.75, 3.05) is 5.75 Å². The van der Waals surface area contributed by atoms with E-state index in [1.807, 2.05) is 24.3 Å². The van der Waals surface area contributed by atoms with Crippen LogP contribution in [0, 0.1) is 11.3 Å². The topological polar surface area (TPSA) is 56.9 Å². The Morgan fingerprint density at radius 1 is 1.37 bits per heavy atom. The molecule has 1 atom stereocenters. The molecule has 0 aliphatic heterocycles. The third-order valence-corrected chi connectivity index (χ3v) is 3.98. The van der Waals surface area contributed by atoms with Crippen molar-refractivity contribution in [2.45, 2.75) is 11.1 Å². The van der Waals surface area contributed by atoms with E-state index in [-0.39, 0.29) is 0 Å². The second-order valence-corrected chi connectivity index (χ2v) is 5.83. The van der Waals surface area contributed by atoms with Gasteiger partial charge in [0.25, 0.3) is 0 Å². The van der Waals surface area contributed by atoms with E-state index in [9.17, 15) is 5.11 Å². The van der Waals surface area contributed by atoms with Crippen molar-refractivity contribution >= 4 is 27.7 Å². The van der Waals surface area contributed by atoms with Gasteiger partial charge in [0.15, 0.2) is 0 Å². The molecule has 2 rings (SSSR count). The number of nitriles is 1. The Morgan fingerprint density at radius 2 is 2.21 bits per heavy atom. The Bertz CT molecular complexity index is 612. The number of aromatic nitrogens is 1. The first-order chi connectivity index (χ1) is 9.19. The largest absolute Gasteiger partial charge is 0.388 e. The monoisotopic (exact) mass is 334 g/mol. The van der Waals surface area contributed by atoms with Gasteiger partial charge in [0.2, 0.25) is 0 Å². The number of halogens is 1. The summed E-state index contributed by atoms with van der Waals surface area (Å²) in [6.45, 7) is 0. The third kappa shape index (κ3) is 4.06. The van der Waals surface area contributed by atoms with Crippen LogP contribution in [0.2, 0.25) is 0 Å². The van der Waals surface area contributed by atoms with Crippen molar-refractivity contribution in [3.05, 3.63) is 58.2 Å². The molecule has 19 heavy (non-hydrogen) atoms. The molecule has 0 saturated carbocycles. The van der Waals surface area contributed by atoms with Crippen molar-refractivity contribution in [1.82, 2.24) is 4.98 Å². The maximum Gasteiger partial charge on any atom is 0.0993 e. The van der Waals surface area contributed by atoms with Gasteiger partial charge < -0.3 is 5.11 Å². The Hall–Kier alpha value is -1.35. The van der Waals surface area contributed by atoms with Crippen LogP contribution in [0.15, 0.2) is 52.1 Å². The fourth-order valence-electron chi connectivity index (χ4n) is 1.53. The van der Waals surface area contributed by atoms with Crippen LogP contribution in [-0.4, -0.2) is 15.8 Å². The molecule has 0 fully saturated rings. The number of thioether (sulfide) groups is 1. The molecule has 1 aromatic carbocycles. The Kier molecular flexibility index (Phi) is 4.97. The third-order valence-electron chi connectivity index (χ3n) is 2.49. The summed E-state index contributed by atoms with van der Waals surface area (Å²) in [5.74, 6) is 0.498. The summed E-state index contributed by atoms with van der Waals surface area (Å²) in [7, 11) is 0. The number of hydrogen-bond donors (Lipinski definition) is 1. The van der Waals surface area contributed by atoms with Crippen LogP contribution in [-0.2, 0) is 0 Å². The Labute approximate surface area is 124 Å². The van der Waals surface area contributed by atoms with Crippen LogP contribution in [0.1, 0.15) is 17.2 Å². The predicted octanol–water partition coefficient (Wildman–Crippen LogP) is 3.54. The molecule has 0 saturated heterocycles. The van der Waals surface area contributed by atoms with Crippen molar-refractivity contribution in [2.24, 2.45) is 0 Å². The van der Waals surface area contributed by atoms with Gasteiger partial charge in [-0.1, -0.05) is 28.1 Å². The molecule has 96 valence electrons. The van der Waals surface area contributed by atoms with Gasteiger partial charge in [-0.25, -0.2) is 4.98 Å². The molecule has 0 aliphatic carbocycles. The molecule has 5 heteroatoms. The molecule has 3 nitrogen and oxygen atoms in total. The molecule has 2 aromatic rings. The molecule has 0 bridgehead atoms. The highest BCUT2D eigenvalue weighted by molar-refractivity contribution is 9.10. The van der Waals surface area contributed by atoms with E-state index in [2.05, 4.69) is 27.0 Å². The van der Waals surface area contributed by atoms with E-state index >= 15 is 0 Å². The summed E-state index contributed by atoms with van der Waals surface area (Å²) in [6.07, 6.45) is 1.04. The zero-order chi connectivity index (χ0) is 13.7. The van der Waals surface area contributed by atoms with E-state index < -0.39 is 6.10 Å². The van der Waals surface area contributed by atoms with Crippen LogP contribution in [0.5, 0.6) is 0 Å². The molecule has 0 aliphatic rings. The van der Waals surface area contributed by atoms with Gasteiger partial charge in [0.05, 0.1) is 22.8 Å². The van der Waals surface area contributed by atoms with Gasteiger partial charge in [-0.3, -0.25) is 0 Å². The van der Waals surface area contributed by atoms with Crippen LogP contribution < -0.4 is 0 Å². The zero-order valence-corrected chi connectivity index (χ0v) is 12.4.